The van der Waals surface area contributed by atoms with Crippen molar-refractivity contribution in [2.45, 2.75) is 43.7 Å². The van der Waals surface area contributed by atoms with E-state index in [-0.39, 0.29) is 33.0 Å². The summed E-state index contributed by atoms with van der Waals surface area (Å²) in [6, 6.07) is 9.51. The number of benzene rings is 2. The number of piperidine rings is 1. The average Bonchev–Trinajstić information content (AvgIpc) is 2.70. The number of anilines is 1. The van der Waals surface area contributed by atoms with Gasteiger partial charge in [-0.2, -0.15) is 13.1 Å². The number of carbonyl (C=O) groups is 1. The second kappa shape index (κ2) is 9.28. The van der Waals surface area contributed by atoms with Crippen LogP contribution in [0.25, 0.3) is 0 Å². The summed E-state index contributed by atoms with van der Waals surface area (Å²) in [5.41, 5.74) is 0.397. The molecule has 3 rings (SSSR count). The van der Waals surface area contributed by atoms with Crippen LogP contribution in [0.5, 0.6) is 5.75 Å². The van der Waals surface area contributed by atoms with Gasteiger partial charge in [0.25, 0.3) is 5.91 Å². The fourth-order valence-corrected chi connectivity index (χ4v) is 5.31. The molecule has 1 heterocycles. The van der Waals surface area contributed by atoms with Crippen LogP contribution in [-0.2, 0) is 10.0 Å². The molecule has 162 valence electrons. The lowest BCUT2D eigenvalue weighted by Crippen LogP contribution is -2.41. The van der Waals surface area contributed by atoms with E-state index in [2.05, 4.69) is 10.1 Å². The standard InChI is InChI=1S/C20H21ClF2N2O4S/c1-13-5-2-3-10-25(13)30(27,28)16-7-4-6-14(11-16)19(26)24-15-8-9-18(17(21)12-15)29-20(22)23/h4,6-9,11-13,20H,2-3,5,10H2,1H3,(H,24,26). The highest BCUT2D eigenvalue weighted by atomic mass is 35.5. The zero-order valence-electron chi connectivity index (χ0n) is 16.1. The number of nitrogens with one attached hydrogen (secondary N) is 1. The van der Waals surface area contributed by atoms with Gasteiger partial charge >= 0.3 is 6.61 Å². The van der Waals surface area contributed by atoms with E-state index in [1.54, 1.807) is 0 Å². The summed E-state index contributed by atoms with van der Waals surface area (Å²) < 4.78 is 56.4. The summed E-state index contributed by atoms with van der Waals surface area (Å²) in [4.78, 5) is 12.6. The number of rotatable bonds is 6. The Kier molecular flexibility index (Phi) is 6.95. The Morgan fingerprint density at radius 1 is 1.23 bits per heavy atom. The molecule has 0 aromatic heterocycles. The Bertz CT molecular complexity index is 1030. The highest BCUT2D eigenvalue weighted by Gasteiger charge is 2.31. The number of alkyl halides is 2. The fraction of sp³-hybridized carbons (Fsp3) is 0.350. The normalized spacial score (nSPS) is 17.7. The van der Waals surface area contributed by atoms with Gasteiger partial charge in [0, 0.05) is 23.8 Å². The Balaban J connectivity index is 1.79. The Labute approximate surface area is 178 Å². The molecule has 0 radical (unpaired) electrons. The first-order chi connectivity index (χ1) is 14.2. The second-order valence-corrected chi connectivity index (χ2v) is 9.26. The second-order valence-electron chi connectivity index (χ2n) is 6.97. The Morgan fingerprint density at radius 3 is 2.67 bits per heavy atom. The van der Waals surface area contributed by atoms with Gasteiger partial charge in [-0.25, -0.2) is 8.42 Å². The molecule has 0 aliphatic carbocycles. The third-order valence-corrected chi connectivity index (χ3v) is 7.16. The molecule has 1 amide bonds. The molecule has 1 saturated heterocycles. The van der Waals surface area contributed by atoms with E-state index in [0.717, 1.165) is 19.3 Å². The van der Waals surface area contributed by atoms with E-state index in [1.807, 2.05) is 6.92 Å². The molecule has 1 fully saturated rings. The van der Waals surface area contributed by atoms with Gasteiger partial charge in [0.1, 0.15) is 5.75 Å². The van der Waals surface area contributed by atoms with Gasteiger partial charge in [0.2, 0.25) is 10.0 Å². The largest absolute Gasteiger partial charge is 0.433 e. The van der Waals surface area contributed by atoms with Crippen molar-refractivity contribution in [2.24, 2.45) is 0 Å². The van der Waals surface area contributed by atoms with Gasteiger partial charge in [-0.05, 0) is 56.2 Å². The van der Waals surface area contributed by atoms with E-state index < -0.39 is 22.5 Å². The van der Waals surface area contributed by atoms with E-state index in [9.17, 15) is 22.0 Å². The molecular weight excluding hydrogens is 438 g/mol. The highest BCUT2D eigenvalue weighted by molar-refractivity contribution is 7.89. The first-order valence-corrected chi connectivity index (χ1v) is 11.2. The molecular formula is C20H21ClF2N2O4S. The topological polar surface area (TPSA) is 75.7 Å². The maximum atomic E-state index is 13.0. The van der Waals surface area contributed by atoms with Crippen molar-refractivity contribution in [1.82, 2.24) is 4.31 Å². The molecule has 0 bridgehead atoms. The highest BCUT2D eigenvalue weighted by Crippen LogP contribution is 2.29. The summed E-state index contributed by atoms with van der Waals surface area (Å²) in [5.74, 6) is -0.772. The molecule has 1 aliphatic heterocycles. The van der Waals surface area contributed by atoms with Crippen molar-refractivity contribution < 1.29 is 26.7 Å². The first-order valence-electron chi connectivity index (χ1n) is 9.36. The summed E-state index contributed by atoms with van der Waals surface area (Å²) in [5, 5.41) is 2.48. The van der Waals surface area contributed by atoms with Gasteiger partial charge in [0.05, 0.1) is 9.92 Å². The number of ether oxygens (including phenoxy) is 1. The SMILES string of the molecule is CC1CCCCN1S(=O)(=O)c1cccc(C(=O)Nc2ccc(OC(F)F)c(Cl)c2)c1. The van der Waals surface area contributed by atoms with Crippen LogP contribution in [0.3, 0.4) is 0 Å². The number of hydrogen-bond acceptors (Lipinski definition) is 4. The van der Waals surface area contributed by atoms with Gasteiger partial charge in [-0.3, -0.25) is 4.79 Å². The Morgan fingerprint density at radius 2 is 2.00 bits per heavy atom. The minimum Gasteiger partial charge on any atom is -0.433 e. The van der Waals surface area contributed by atoms with Gasteiger partial charge in [-0.1, -0.05) is 24.1 Å². The van der Waals surface area contributed by atoms with Crippen LogP contribution in [0.1, 0.15) is 36.5 Å². The number of nitrogens with zero attached hydrogens (tertiary/aromatic N) is 1. The molecule has 1 unspecified atom stereocenters. The Hall–Kier alpha value is -2.23. The summed E-state index contributed by atoms with van der Waals surface area (Å²) in [7, 11) is -3.72. The lowest BCUT2D eigenvalue weighted by Gasteiger charge is -2.32. The van der Waals surface area contributed by atoms with Crippen LogP contribution in [0.2, 0.25) is 5.02 Å². The third kappa shape index (κ3) is 5.08. The molecule has 0 saturated carbocycles. The van der Waals surface area contributed by atoms with Crippen molar-refractivity contribution in [2.75, 3.05) is 11.9 Å². The average molecular weight is 459 g/mol. The monoisotopic (exact) mass is 458 g/mol. The van der Waals surface area contributed by atoms with E-state index in [0.29, 0.717) is 6.54 Å². The quantitative estimate of drug-likeness (QED) is 0.677. The minimum absolute atomic E-state index is 0.0441. The van der Waals surface area contributed by atoms with Crippen molar-refractivity contribution in [3.05, 3.63) is 53.1 Å². The predicted octanol–water partition coefficient (Wildman–Crippen LogP) is 4.76. The molecule has 1 atom stereocenters. The lowest BCUT2D eigenvalue weighted by molar-refractivity contribution is -0.0497. The smallest absolute Gasteiger partial charge is 0.387 e. The zero-order chi connectivity index (χ0) is 21.9. The molecule has 0 spiro atoms. The number of halogens is 3. The number of carbonyl (C=O) groups excluding carboxylic acids is 1. The summed E-state index contributed by atoms with van der Waals surface area (Å²) in [6.07, 6.45) is 2.58. The number of amides is 1. The lowest BCUT2D eigenvalue weighted by atomic mass is 10.1. The molecule has 30 heavy (non-hydrogen) atoms. The van der Waals surface area contributed by atoms with Crippen molar-refractivity contribution in [3.63, 3.8) is 0 Å². The zero-order valence-corrected chi connectivity index (χ0v) is 17.7. The molecule has 1 aliphatic rings. The maximum absolute atomic E-state index is 13.0. The molecule has 2 aromatic rings. The van der Waals surface area contributed by atoms with E-state index in [1.165, 1.54) is 46.8 Å². The summed E-state index contributed by atoms with van der Waals surface area (Å²) in [6.45, 7) is -0.695. The van der Waals surface area contributed by atoms with Crippen LogP contribution in [-0.4, -0.2) is 37.8 Å². The van der Waals surface area contributed by atoms with Crippen LogP contribution >= 0.6 is 11.6 Å². The molecule has 6 nitrogen and oxygen atoms in total. The number of sulfonamides is 1. The molecule has 10 heteroatoms. The third-order valence-electron chi connectivity index (χ3n) is 4.85. The molecule has 2 aromatic carbocycles. The van der Waals surface area contributed by atoms with Crippen LogP contribution in [0.4, 0.5) is 14.5 Å². The maximum Gasteiger partial charge on any atom is 0.387 e. The van der Waals surface area contributed by atoms with Crippen LogP contribution in [0.15, 0.2) is 47.4 Å². The predicted molar refractivity (Wildman–Crippen MR) is 110 cm³/mol. The van der Waals surface area contributed by atoms with E-state index >= 15 is 0 Å². The van der Waals surface area contributed by atoms with Gasteiger partial charge in [-0.15, -0.1) is 0 Å². The van der Waals surface area contributed by atoms with Crippen molar-refractivity contribution in [1.29, 1.82) is 0 Å². The fourth-order valence-electron chi connectivity index (χ4n) is 3.34. The van der Waals surface area contributed by atoms with Gasteiger partial charge < -0.3 is 10.1 Å². The molecule has 1 N–H and O–H groups in total. The first kappa shape index (κ1) is 22.5. The van der Waals surface area contributed by atoms with Crippen molar-refractivity contribution >= 4 is 33.2 Å². The summed E-state index contributed by atoms with van der Waals surface area (Å²) >= 11 is 5.89. The van der Waals surface area contributed by atoms with E-state index in [4.69, 9.17) is 11.6 Å². The van der Waals surface area contributed by atoms with Crippen molar-refractivity contribution in [3.8, 4) is 5.75 Å². The van der Waals surface area contributed by atoms with Crippen LogP contribution < -0.4 is 10.1 Å². The number of hydrogen-bond donors (Lipinski definition) is 1. The van der Waals surface area contributed by atoms with Crippen LogP contribution in [0, 0.1) is 0 Å². The van der Waals surface area contributed by atoms with Gasteiger partial charge in [0.15, 0.2) is 0 Å². The minimum atomic E-state index is -3.72.